The van der Waals surface area contributed by atoms with Gasteiger partial charge in [-0.05, 0) is 19.8 Å². The van der Waals surface area contributed by atoms with Crippen molar-refractivity contribution in [3.63, 3.8) is 0 Å². The van der Waals surface area contributed by atoms with Crippen molar-refractivity contribution in [2.45, 2.75) is 31.4 Å². The van der Waals surface area contributed by atoms with Gasteiger partial charge in [0.05, 0.1) is 12.4 Å². The maximum atomic E-state index is 11.8. The smallest absolute Gasteiger partial charge is 0.196 e. The number of hydrogen-bond donors (Lipinski definition) is 1. The molecule has 1 aliphatic heterocycles. The first kappa shape index (κ1) is 11.6. The summed E-state index contributed by atoms with van der Waals surface area (Å²) >= 11 is 0. The quantitative estimate of drug-likeness (QED) is 0.850. The molecule has 0 aromatic carbocycles. The number of sulfone groups is 1. The lowest BCUT2D eigenvalue weighted by atomic mass is 10.2. The molecule has 1 fully saturated rings. The van der Waals surface area contributed by atoms with Crippen LogP contribution in [0.25, 0.3) is 0 Å². The number of aryl methyl sites for hydroxylation is 1. The van der Waals surface area contributed by atoms with Crippen LogP contribution in [0.5, 0.6) is 0 Å². The Labute approximate surface area is 94.4 Å². The van der Waals surface area contributed by atoms with Crippen molar-refractivity contribution in [3.8, 4) is 0 Å². The minimum absolute atomic E-state index is 0.0448. The van der Waals surface area contributed by atoms with Crippen molar-refractivity contribution in [2.24, 2.45) is 0 Å². The standard InChI is InChI=1S/C10H15NO4S/c1-7-10(11-9(15-7)4-5-12)8-3-2-6-16(8,13)14/h8,12H,2-6H2,1H3. The first-order chi connectivity index (χ1) is 7.54. The molecule has 1 N–H and O–H groups in total. The second kappa shape index (κ2) is 4.18. The molecule has 1 unspecified atom stereocenters. The fourth-order valence-electron chi connectivity index (χ4n) is 2.06. The first-order valence-corrected chi connectivity index (χ1v) is 7.05. The molecule has 0 radical (unpaired) electrons. The summed E-state index contributed by atoms with van der Waals surface area (Å²) in [7, 11) is -3.05. The number of aliphatic hydroxyl groups is 1. The average Bonchev–Trinajstić information content (AvgIpc) is 2.70. The van der Waals surface area contributed by atoms with Crippen LogP contribution in [-0.2, 0) is 16.3 Å². The van der Waals surface area contributed by atoms with Crippen LogP contribution in [0, 0.1) is 6.92 Å². The molecule has 16 heavy (non-hydrogen) atoms. The zero-order valence-electron chi connectivity index (χ0n) is 9.14. The molecule has 0 amide bonds. The zero-order valence-corrected chi connectivity index (χ0v) is 9.96. The predicted octanol–water partition coefficient (Wildman–Crippen LogP) is 0.768. The molecule has 1 aromatic heterocycles. The van der Waals surface area contributed by atoms with Gasteiger partial charge in [-0.1, -0.05) is 0 Å². The van der Waals surface area contributed by atoms with Gasteiger partial charge in [-0.3, -0.25) is 0 Å². The van der Waals surface area contributed by atoms with Gasteiger partial charge in [0, 0.05) is 6.42 Å². The lowest BCUT2D eigenvalue weighted by molar-refractivity contribution is 0.284. The highest BCUT2D eigenvalue weighted by Crippen LogP contribution is 2.35. The number of hydrogen-bond acceptors (Lipinski definition) is 5. The Balaban J connectivity index is 2.33. The van der Waals surface area contributed by atoms with Gasteiger partial charge in [0.25, 0.3) is 0 Å². The van der Waals surface area contributed by atoms with Gasteiger partial charge >= 0.3 is 0 Å². The molecular weight excluding hydrogens is 230 g/mol. The van der Waals surface area contributed by atoms with E-state index < -0.39 is 15.1 Å². The number of aromatic nitrogens is 1. The molecule has 5 nitrogen and oxygen atoms in total. The van der Waals surface area contributed by atoms with Crippen LogP contribution >= 0.6 is 0 Å². The van der Waals surface area contributed by atoms with Crippen LogP contribution in [0.4, 0.5) is 0 Å². The Bertz CT molecular complexity index is 477. The Morgan fingerprint density at radius 1 is 1.56 bits per heavy atom. The SMILES string of the molecule is Cc1oc(CCO)nc1C1CCCS1(=O)=O. The molecule has 1 saturated heterocycles. The zero-order chi connectivity index (χ0) is 11.8. The molecule has 1 aromatic rings. The van der Waals surface area contributed by atoms with E-state index in [9.17, 15) is 8.42 Å². The minimum atomic E-state index is -3.05. The topological polar surface area (TPSA) is 80.4 Å². The van der Waals surface area contributed by atoms with Crippen LogP contribution < -0.4 is 0 Å². The van der Waals surface area contributed by atoms with Crippen LogP contribution in [-0.4, -0.2) is 30.9 Å². The van der Waals surface area contributed by atoms with Gasteiger partial charge in [-0.2, -0.15) is 0 Å². The van der Waals surface area contributed by atoms with Crippen molar-refractivity contribution in [2.75, 3.05) is 12.4 Å². The second-order valence-electron chi connectivity index (χ2n) is 4.02. The van der Waals surface area contributed by atoms with E-state index in [2.05, 4.69) is 4.98 Å². The predicted molar refractivity (Wildman–Crippen MR) is 57.8 cm³/mol. The second-order valence-corrected chi connectivity index (χ2v) is 6.32. The number of nitrogens with zero attached hydrogens (tertiary/aromatic N) is 1. The maximum absolute atomic E-state index is 11.8. The third kappa shape index (κ3) is 1.99. The summed E-state index contributed by atoms with van der Waals surface area (Å²) < 4.78 is 28.8. The normalized spacial score (nSPS) is 23.8. The molecule has 2 heterocycles. The summed E-state index contributed by atoms with van der Waals surface area (Å²) in [6.07, 6.45) is 1.64. The van der Waals surface area contributed by atoms with Crippen LogP contribution in [0.1, 0.15) is 35.4 Å². The van der Waals surface area contributed by atoms with Crippen LogP contribution in [0.15, 0.2) is 4.42 Å². The van der Waals surface area contributed by atoms with Crippen molar-refractivity contribution >= 4 is 9.84 Å². The van der Waals surface area contributed by atoms with Crippen molar-refractivity contribution < 1.29 is 17.9 Å². The highest BCUT2D eigenvalue weighted by Gasteiger charge is 2.36. The fourth-order valence-corrected chi connectivity index (χ4v) is 4.00. The lowest BCUT2D eigenvalue weighted by Crippen LogP contribution is -2.09. The van der Waals surface area contributed by atoms with Crippen molar-refractivity contribution in [1.82, 2.24) is 4.98 Å². The molecule has 1 atom stereocenters. The van der Waals surface area contributed by atoms with Gasteiger partial charge in [-0.15, -0.1) is 0 Å². The largest absolute Gasteiger partial charge is 0.446 e. The maximum Gasteiger partial charge on any atom is 0.196 e. The molecule has 0 saturated carbocycles. The van der Waals surface area contributed by atoms with E-state index in [-0.39, 0.29) is 12.4 Å². The highest BCUT2D eigenvalue weighted by molar-refractivity contribution is 7.91. The van der Waals surface area contributed by atoms with Gasteiger partial charge in [0.15, 0.2) is 15.7 Å². The molecule has 0 aliphatic carbocycles. The van der Waals surface area contributed by atoms with Crippen LogP contribution in [0.3, 0.4) is 0 Å². The summed E-state index contributed by atoms with van der Waals surface area (Å²) in [6, 6.07) is 0. The Kier molecular flexibility index (Phi) is 3.03. The summed E-state index contributed by atoms with van der Waals surface area (Å²) in [5.74, 6) is 1.20. The fraction of sp³-hybridized carbons (Fsp3) is 0.700. The van der Waals surface area contributed by atoms with Crippen molar-refractivity contribution in [1.29, 1.82) is 0 Å². The number of rotatable bonds is 3. The van der Waals surface area contributed by atoms with E-state index in [0.29, 0.717) is 36.6 Å². The summed E-state index contributed by atoms with van der Waals surface area (Å²) in [4.78, 5) is 4.17. The first-order valence-electron chi connectivity index (χ1n) is 5.33. The minimum Gasteiger partial charge on any atom is -0.446 e. The number of oxazole rings is 1. The molecule has 6 heteroatoms. The van der Waals surface area contributed by atoms with E-state index >= 15 is 0 Å². The lowest BCUT2D eigenvalue weighted by Gasteiger charge is -2.05. The summed E-state index contributed by atoms with van der Waals surface area (Å²) in [5, 5.41) is 8.26. The van der Waals surface area contributed by atoms with E-state index in [4.69, 9.17) is 9.52 Å². The summed E-state index contributed by atoms with van der Waals surface area (Å²) in [5.41, 5.74) is 0.529. The van der Waals surface area contributed by atoms with E-state index in [1.165, 1.54) is 0 Å². The Hall–Kier alpha value is -0.880. The number of aliphatic hydroxyl groups excluding tert-OH is 1. The molecule has 2 rings (SSSR count). The third-order valence-corrected chi connectivity index (χ3v) is 5.02. The van der Waals surface area contributed by atoms with Gasteiger partial charge in [0.2, 0.25) is 0 Å². The van der Waals surface area contributed by atoms with E-state index in [0.717, 1.165) is 0 Å². The molecule has 0 spiro atoms. The third-order valence-electron chi connectivity index (χ3n) is 2.84. The van der Waals surface area contributed by atoms with E-state index in [1.807, 2.05) is 0 Å². The summed E-state index contributed by atoms with van der Waals surface area (Å²) in [6.45, 7) is 1.67. The Morgan fingerprint density at radius 3 is 2.88 bits per heavy atom. The molecule has 0 bridgehead atoms. The highest BCUT2D eigenvalue weighted by atomic mass is 32.2. The molecular formula is C10H15NO4S. The van der Waals surface area contributed by atoms with Crippen molar-refractivity contribution in [3.05, 3.63) is 17.3 Å². The molecule has 1 aliphatic rings. The average molecular weight is 245 g/mol. The Morgan fingerprint density at radius 2 is 2.31 bits per heavy atom. The molecule has 90 valence electrons. The van der Waals surface area contributed by atoms with Gasteiger partial charge in [-0.25, -0.2) is 13.4 Å². The van der Waals surface area contributed by atoms with Gasteiger partial charge < -0.3 is 9.52 Å². The van der Waals surface area contributed by atoms with E-state index in [1.54, 1.807) is 6.92 Å². The monoisotopic (exact) mass is 245 g/mol. The van der Waals surface area contributed by atoms with Gasteiger partial charge in [0.1, 0.15) is 16.7 Å². The van der Waals surface area contributed by atoms with Crippen LogP contribution in [0.2, 0.25) is 0 Å².